The maximum atomic E-state index is 14.1. The summed E-state index contributed by atoms with van der Waals surface area (Å²) < 4.78 is 14.1. The largest absolute Gasteiger partial charge is 0.355 e. The van der Waals surface area contributed by atoms with Gasteiger partial charge in [0.2, 0.25) is 0 Å². The normalized spacial score (nSPS) is 10.5. The van der Waals surface area contributed by atoms with E-state index in [0.29, 0.717) is 16.3 Å². The second-order valence-electron chi connectivity index (χ2n) is 5.38. The van der Waals surface area contributed by atoms with E-state index < -0.39 is 0 Å². The Balaban J connectivity index is 2.09. The summed E-state index contributed by atoms with van der Waals surface area (Å²) in [6.45, 7) is 5.87. The van der Waals surface area contributed by atoms with Crippen molar-refractivity contribution in [1.82, 2.24) is 9.97 Å². The molecule has 0 atom stereocenters. The van der Waals surface area contributed by atoms with Gasteiger partial charge in [0.15, 0.2) is 0 Å². The predicted octanol–water partition coefficient (Wildman–Crippen LogP) is 5.71. The Morgan fingerprint density at radius 1 is 1.17 bits per heavy atom. The van der Waals surface area contributed by atoms with Crippen molar-refractivity contribution in [3.05, 3.63) is 78.0 Å². The average molecular weight is 340 g/mol. The first-order valence-electron chi connectivity index (χ1n) is 7.33. The van der Waals surface area contributed by atoms with Gasteiger partial charge in [-0.15, -0.1) is 0 Å². The van der Waals surface area contributed by atoms with Crippen LogP contribution in [0.4, 0.5) is 15.8 Å². The number of halogens is 2. The summed E-state index contributed by atoms with van der Waals surface area (Å²) in [7, 11) is 0. The molecule has 3 nitrogen and oxygen atoms in total. The van der Waals surface area contributed by atoms with E-state index in [1.807, 2.05) is 19.1 Å². The minimum Gasteiger partial charge on any atom is -0.355 e. The van der Waals surface area contributed by atoms with E-state index in [1.54, 1.807) is 30.7 Å². The minimum atomic E-state index is -0.371. The molecule has 1 N–H and O–H groups in total. The molecular formula is C19H15ClFN3. The van der Waals surface area contributed by atoms with Gasteiger partial charge in [-0.1, -0.05) is 18.2 Å². The second-order valence-corrected chi connectivity index (χ2v) is 5.82. The Bertz CT molecular complexity index is 894. The molecule has 0 radical (unpaired) electrons. The Kier molecular flexibility index (Phi) is 4.58. The molecule has 0 amide bonds. The van der Waals surface area contributed by atoms with Crippen molar-refractivity contribution in [2.24, 2.45) is 0 Å². The van der Waals surface area contributed by atoms with E-state index in [2.05, 4.69) is 21.9 Å². The molecule has 0 aliphatic heterocycles. The third-order valence-electron chi connectivity index (χ3n) is 3.53. The van der Waals surface area contributed by atoms with Crippen LogP contribution >= 0.6 is 11.6 Å². The highest BCUT2D eigenvalue weighted by Crippen LogP contribution is 2.31. The van der Waals surface area contributed by atoms with E-state index in [9.17, 15) is 4.39 Å². The third-order valence-corrected chi connectivity index (χ3v) is 3.76. The molecule has 5 heteroatoms. The van der Waals surface area contributed by atoms with E-state index in [4.69, 9.17) is 11.6 Å². The van der Waals surface area contributed by atoms with Crippen molar-refractivity contribution < 1.29 is 4.39 Å². The van der Waals surface area contributed by atoms with Gasteiger partial charge in [-0.3, -0.25) is 9.97 Å². The number of aromatic nitrogens is 2. The van der Waals surface area contributed by atoms with E-state index >= 15 is 0 Å². The lowest BCUT2D eigenvalue weighted by atomic mass is 10.0. The lowest BCUT2D eigenvalue weighted by Crippen LogP contribution is -1.98. The molecule has 0 fully saturated rings. The minimum absolute atomic E-state index is 0.355. The summed E-state index contributed by atoms with van der Waals surface area (Å²) in [4.78, 5) is 8.36. The predicted molar refractivity (Wildman–Crippen MR) is 96.9 cm³/mol. The number of nitrogens with zero attached hydrogens (tertiary/aromatic N) is 2. The van der Waals surface area contributed by atoms with Crippen LogP contribution in [0, 0.1) is 5.82 Å². The Labute approximate surface area is 144 Å². The number of hydrogen-bond donors (Lipinski definition) is 1. The van der Waals surface area contributed by atoms with Gasteiger partial charge in [-0.2, -0.15) is 0 Å². The number of anilines is 2. The second kappa shape index (κ2) is 6.81. The Morgan fingerprint density at radius 2 is 1.92 bits per heavy atom. The average Bonchev–Trinajstić information content (AvgIpc) is 2.57. The maximum absolute atomic E-state index is 14.1. The Morgan fingerprint density at radius 3 is 2.62 bits per heavy atom. The molecule has 3 rings (SSSR count). The van der Waals surface area contributed by atoms with Gasteiger partial charge in [0, 0.05) is 46.1 Å². The van der Waals surface area contributed by atoms with Crippen LogP contribution in [0.2, 0.25) is 5.02 Å². The number of rotatable bonds is 4. The highest BCUT2D eigenvalue weighted by molar-refractivity contribution is 6.30. The van der Waals surface area contributed by atoms with Crippen molar-refractivity contribution in [2.45, 2.75) is 6.92 Å². The Hall–Kier alpha value is -2.72. The fourth-order valence-corrected chi connectivity index (χ4v) is 2.50. The molecule has 0 bridgehead atoms. The van der Waals surface area contributed by atoms with Crippen molar-refractivity contribution in [2.75, 3.05) is 5.32 Å². The van der Waals surface area contributed by atoms with Crippen LogP contribution < -0.4 is 5.32 Å². The fourth-order valence-electron chi connectivity index (χ4n) is 2.33. The van der Waals surface area contributed by atoms with Gasteiger partial charge >= 0.3 is 0 Å². The van der Waals surface area contributed by atoms with Gasteiger partial charge < -0.3 is 5.32 Å². The van der Waals surface area contributed by atoms with Crippen molar-refractivity contribution in [3.63, 3.8) is 0 Å². The maximum Gasteiger partial charge on any atom is 0.132 e. The first-order valence-corrected chi connectivity index (χ1v) is 7.71. The van der Waals surface area contributed by atoms with Crippen LogP contribution in [-0.2, 0) is 0 Å². The zero-order chi connectivity index (χ0) is 17.1. The molecule has 3 aromatic rings. The molecule has 0 aliphatic rings. The van der Waals surface area contributed by atoms with Gasteiger partial charge in [0.1, 0.15) is 5.82 Å². The summed E-state index contributed by atoms with van der Waals surface area (Å²) in [6.07, 6.45) is 5.07. The molecular weight excluding hydrogens is 325 g/mol. The van der Waals surface area contributed by atoms with Crippen LogP contribution in [-0.4, -0.2) is 9.97 Å². The van der Waals surface area contributed by atoms with Crippen LogP contribution in [0.3, 0.4) is 0 Å². The first kappa shape index (κ1) is 16.1. The molecule has 120 valence electrons. The number of allylic oxidation sites excluding steroid dienone is 1. The summed E-state index contributed by atoms with van der Waals surface area (Å²) in [5.74, 6) is -0.371. The molecule has 2 heterocycles. The molecule has 24 heavy (non-hydrogen) atoms. The summed E-state index contributed by atoms with van der Waals surface area (Å²) in [6, 6.07) is 9.90. The molecule has 0 saturated carbocycles. The van der Waals surface area contributed by atoms with E-state index in [-0.39, 0.29) is 5.82 Å². The molecule has 2 aromatic heterocycles. The highest BCUT2D eigenvalue weighted by Gasteiger charge is 2.12. The molecule has 0 aliphatic carbocycles. The SMILES string of the molecule is C=C(C)c1cnc(-c2cc(Cl)ccc2F)cc1Nc1ccncc1. The van der Waals surface area contributed by atoms with Gasteiger partial charge in [-0.05, 0) is 48.9 Å². The van der Waals surface area contributed by atoms with Gasteiger partial charge in [0.25, 0.3) is 0 Å². The molecule has 1 aromatic carbocycles. The third kappa shape index (κ3) is 3.44. The lowest BCUT2D eigenvalue weighted by molar-refractivity contribution is 0.631. The van der Waals surface area contributed by atoms with Crippen LogP contribution in [0.5, 0.6) is 0 Å². The zero-order valence-electron chi connectivity index (χ0n) is 13.1. The first-order chi connectivity index (χ1) is 11.5. The van der Waals surface area contributed by atoms with Crippen LogP contribution in [0.15, 0.2) is 61.6 Å². The number of benzene rings is 1. The molecule has 0 spiro atoms. The summed E-state index contributed by atoms with van der Waals surface area (Å²) in [5.41, 5.74) is 4.23. The standard InChI is InChI=1S/C19H15ClFN3/c1-12(2)16-11-23-18(15-9-13(20)3-4-17(15)21)10-19(16)24-14-5-7-22-8-6-14/h3-11H,1H2,2H3,(H,22,23,24). The van der Waals surface area contributed by atoms with E-state index in [1.165, 1.54) is 12.1 Å². The van der Waals surface area contributed by atoms with Crippen molar-refractivity contribution >= 4 is 28.5 Å². The fraction of sp³-hybridized carbons (Fsp3) is 0.0526. The summed E-state index contributed by atoms with van der Waals surface area (Å²) >= 11 is 5.99. The van der Waals surface area contributed by atoms with Gasteiger partial charge in [0.05, 0.1) is 5.69 Å². The lowest BCUT2D eigenvalue weighted by Gasteiger charge is -2.14. The van der Waals surface area contributed by atoms with Crippen LogP contribution in [0.1, 0.15) is 12.5 Å². The monoisotopic (exact) mass is 339 g/mol. The summed E-state index contributed by atoms with van der Waals surface area (Å²) in [5, 5.41) is 3.76. The number of pyridine rings is 2. The van der Waals surface area contributed by atoms with E-state index in [0.717, 1.165) is 22.5 Å². The highest BCUT2D eigenvalue weighted by atomic mass is 35.5. The van der Waals surface area contributed by atoms with Gasteiger partial charge in [-0.25, -0.2) is 4.39 Å². The smallest absolute Gasteiger partial charge is 0.132 e. The number of nitrogens with one attached hydrogen (secondary N) is 1. The molecule has 0 unspecified atom stereocenters. The topological polar surface area (TPSA) is 37.8 Å². The zero-order valence-corrected chi connectivity index (χ0v) is 13.8. The molecule has 0 saturated heterocycles. The van der Waals surface area contributed by atoms with Crippen LogP contribution in [0.25, 0.3) is 16.8 Å². The van der Waals surface area contributed by atoms with Crippen molar-refractivity contribution in [3.8, 4) is 11.3 Å². The number of hydrogen-bond acceptors (Lipinski definition) is 3. The van der Waals surface area contributed by atoms with Crippen molar-refractivity contribution in [1.29, 1.82) is 0 Å². The quantitative estimate of drug-likeness (QED) is 0.661.